The van der Waals surface area contributed by atoms with E-state index in [1.165, 1.54) is 0 Å². The van der Waals surface area contributed by atoms with Gasteiger partial charge in [0.05, 0.1) is 0 Å². The largest absolute Gasteiger partial charge is 0.334 e. The van der Waals surface area contributed by atoms with Crippen molar-refractivity contribution in [1.82, 2.24) is 4.90 Å². The normalized spacial score (nSPS) is 11.9. The van der Waals surface area contributed by atoms with Crippen LogP contribution in [-0.2, 0) is 17.9 Å². The highest BCUT2D eigenvalue weighted by molar-refractivity contribution is 7.80. The summed E-state index contributed by atoms with van der Waals surface area (Å²) >= 11 is 4.37. The van der Waals surface area contributed by atoms with Crippen molar-refractivity contribution in [3.05, 3.63) is 71.8 Å². The molecule has 1 unspecified atom stereocenters. The van der Waals surface area contributed by atoms with Crippen LogP contribution in [0.2, 0.25) is 0 Å². The molecule has 0 aliphatic heterocycles. The van der Waals surface area contributed by atoms with E-state index in [0.29, 0.717) is 19.5 Å². The van der Waals surface area contributed by atoms with Crippen molar-refractivity contribution in [3.8, 4) is 0 Å². The van der Waals surface area contributed by atoms with Crippen molar-refractivity contribution in [2.45, 2.75) is 38.1 Å². The van der Waals surface area contributed by atoms with Gasteiger partial charge in [0.1, 0.15) is 0 Å². The third kappa shape index (κ3) is 5.57. The van der Waals surface area contributed by atoms with E-state index in [2.05, 4.69) is 36.9 Å². The number of rotatable bonds is 7. The van der Waals surface area contributed by atoms with Crippen molar-refractivity contribution in [1.29, 1.82) is 0 Å². The van der Waals surface area contributed by atoms with Crippen molar-refractivity contribution >= 4 is 18.5 Å². The van der Waals surface area contributed by atoms with Crippen LogP contribution in [-0.4, -0.2) is 16.1 Å². The number of hydrogen-bond donors (Lipinski definition) is 1. The van der Waals surface area contributed by atoms with Gasteiger partial charge in [0, 0.05) is 19.5 Å². The van der Waals surface area contributed by atoms with Gasteiger partial charge in [-0.3, -0.25) is 4.79 Å². The molecule has 2 nitrogen and oxygen atoms in total. The van der Waals surface area contributed by atoms with Gasteiger partial charge < -0.3 is 4.90 Å². The monoisotopic (exact) mass is 313 g/mol. The summed E-state index contributed by atoms with van der Waals surface area (Å²) in [6.45, 7) is 3.32. The van der Waals surface area contributed by atoms with E-state index >= 15 is 0 Å². The second-order valence-electron chi connectivity index (χ2n) is 5.61. The summed E-state index contributed by atoms with van der Waals surface area (Å²) in [5, 5.41) is 0.249. The average molecular weight is 313 g/mol. The summed E-state index contributed by atoms with van der Waals surface area (Å²) in [5.41, 5.74) is 2.32. The molecule has 1 amide bonds. The molecule has 116 valence electrons. The number of carbonyl (C=O) groups excluding carboxylic acids is 1. The zero-order chi connectivity index (χ0) is 15.8. The first kappa shape index (κ1) is 16.6. The summed E-state index contributed by atoms with van der Waals surface area (Å²) in [5.74, 6) is 0.189. The lowest BCUT2D eigenvalue weighted by Crippen LogP contribution is -2.30. The van der Waals surface area contributed by atoms with Gasteiger partial charge in [0.2, 0.25) is 5.91 Å². The Labute approximate surface area is 138 Å². The highest BCUT2D eigenvalue weighted by Crippen LogP contribution is 2.13. The van der Waals surface area contributed by atoms with Crippen LogP contribution in [0.25, 0.3) is 0 Å². The van der Waals surface area contributed by atoms with Crippen LogP contribution in [0.3, 0.4) is 0 Å². The van der Waals surface area contributed by atoms with Gasteiger partial charge >= 0.3 is 0 Å². The van der Waals surface area contributed by atoms with Gasteiger partial charge in [-0.05, 0) is 22.8 Å². The Bertz CT molecular complexity index is 527. The van der Waals surface area contributed by atoms with Crippen molar-refractivity contribution in [3.63, 3.8) is 0 Å². The molecule has 1 atom stereocenters. The maximum atomic E-state index is 12.5. The number of benzene rings is 2. The molecule has 0 aromatic heterocycles. The quantitative estimate of drug-likeness (QED) is 0.755. The van der Waals surface area contributed by atoms with Crippen LogP contribution in [0.5, 0.6) is 0 Å². The molecular formula is C19H23NOS. The summed E-state index contributed by atoms with van der Waals surface area (Å²) in [6, 6.07) is 20.3. The summed E-state index contributed by atoms with van der Waals surface area (Å²) in [4.78, 5) is 14.5. The Balaban J connectivity index is 2.07. The minimum absolute atomic E-state index is 0.189. The summed E-state index contributed by atoms with van der Waals surface area (Å²) < 4.78 is 0. The second kappa shape index (κ2) is 8.64. The van der Waals surface area contributed by atoms with Gasteiger partial charge in [0.25, 0.3) is 0 Å². The Hall–Kier alpha value is -1.74. The molecule has 22 heavy (non-hydrogen) atoms. The Kier molecular flexibility index (Phi) is 6.53. The molecule has 0 radical (unpaired) electrons. The first-order valence-electron chi connectivity index (χ1n) is 7.69. The van der Waals surface area contributed by atoms with E-state index < -0.39 is 0 Å². The highest BCUT2D eigenvalue weighted by Gasteiger charge is 2.15. The lowest BCUT2D eigenvalue weighted by molar-refractivity contribution is -0.132. The van der Waals surface area contributed by atoms with E-state index in [-0.39, 0.29) is 11.2 Å². The zero-order valence-corrected chi connectivity index (χ0v) is 13.9. The second-order valence-corrected chi connectivity index (χ2v) is 6.49. The fourth-order valence-electron chi connectivity index (χ4n) is 2.33. The first-order valence-corrected chi connectivity index (χ1v) is 8.20. The van der Waals surface area contributed by atoms with Gasteiger partial charge in [-0.1, -0.05) is 67.6 Å². The molecular weight excluding hydrogens is 290 g/mol. The van der Waals surface area contributed by atoms with Gasteiger partial charge in [-0.15, -0.1) is 0 Å². The van der Waals surface area contributed by atoms with Crippen molar-refractivity contribution in [2.24, 2.45) is 0 Å². The Morgan fingerprint density at radius 2 is 1.41 bits per heavy atom. The predicted molar refractivity (Wildman–Crippen MR) is 94.8 cm³/mol. The molecule has 0 bridgehead atoms. The Morgan fingerprint density at radius 3 is 1.82 bits per heavy atom. The van der Waals surface area contributed by atoms with Crippen molar-refractivity contribution < 1.29 is 4.79 Å². The third-order valence-electron chi connectivity index (χ3n) is 3.56. The average Bonchev–Trinajstić information content (AvgIpc) is 2.54. The van der Waals surface area contributed by atoms with Crippen molar-refractivity contribution in [2.75, 3.05) is 0 Å². The molecule has 0 aliphatic carbocycles. The predicted octanol–water partition coefficient (Wildman–Crippen LogP) is 4.31. The molecule has 2 aromatic rings. The fourth-order valence-corrected chi connectivity index (χ4v) is 2.46. The zero-order valence-electron chi connectivity index (χ0n) is 13.0. The lowest BCUT2D eigenvalue weighted by atomic mass is 10.1. The number of nitrogens with zero attached hydrogens (tertiary/aromatic N) is 1. The van der Waals surface area contributed by atoms with Gasteiger partial charge in [-0.2, -0.15) is 12.6 Å². The number of amides is 1. The van der Waals surface area contributed by atoms with E-state index in [1.54, 1.807) is 0 Å². The maximum Gasteiger partial charge on any atom is 0.223 e. The minimum Gasteiger partial charge on any atom is -0.334 e. The summed E-state index contributed by atoms with van der Waals surface area (Å²) in [6.07, 6.45) is 1.35. The molecule has 2 aromatic carbocycles. The standard InChI is InChI=1S/C19H23NOS/c1-16(22)12-13-19(21)20(14-17-8-4-2-5-9-17)15-18-10-6-3-7-11-18/h2-11,16,22H,12-15H2,1H3. The smallest absolute Gasteiger partial charge is 0.223 e. The van der Waals surface area contributed by atoms with Crippen LogP contribution in [0, 0.1) is 0 Å². The van der Waals surface area contributed by atoms with E-state index in [0.717, 1.165) is 17.5 Å². The molecule has 0 saturated carbocycles. The number of carbonyl (C=O) groups is 1. The SMILES string of the molecule is CC(S)CCC(=O)N(Cc1ccccc1)Cc1ccccc1. The van der Waals surface area contributed by atoms with E-state index in [1.807, 2.05) is 48.2 Å². The highest BCUT2D eigenvalue weighted by atomic mass is 32.1. The first-order chi connectivity index (χ1) is 10.6. The molecule has 2 rings (SSSR count). The number of thiol groups is 1. The van der Waals surface area contributed by atoms with E-state index in [4.69, 9.17) is 0 Å². The van der Waals surface area contributed by atoms with Crippen LogP contribution in [0.1, 0.15) is 30.9 Å². The maximum absolute atomic E-state index is 12.5. The van der Waals surface area contributed by atoms with Crippen LogP contribution in [0.4, 0.5) is 0 Å². The van der Waals surface area contributed by atoms with Gasteiger partial charge in [0.15, 0.2) is 0 Å². The van der Waals surface area contributed by atoms with E-state index in [9.17, 15) is 4.79 Å². The molecule has 0 fully saturated rings. The number of hydrogen-bond acceptors (Lipinski definition) is 2. The minimum atomic E-state index is 0.189. The van der Waals surface area contributed by atoms with Crippen LogP contribution in [0.15, 0.2) is 60.7 Å². The molecule has 0 saturated heterocycles. The molecule has 0 N–H and O–H groups in total. The lowest BCUT2D eigenvalue weighted by Gasteiger charge is -2.23. The fraction of sp³-hybridized carbons (Fsp3) is 0.316. The molecule has 0 heterocycles. The molecule has 0 aliphatic rings. The molecule has 3 heteroatoms. The topological polar surface area (TPSA) is 20.3 Å². The van der Waals surface area contributed by atoms with Gasteiger partial charge in [-0.25, -0.2) is 0 Å². The van der Waals surface area contributed by atoms with Crippen LogP contribution >= 0.6 is 12.6 Å². The third-order valence-corrected chi connectivity index (χ3v) is 3.82. The Morgan fingerprint density at radius 1 is 0.955 bits per heavy atom. The van der Waals surface area contributed by atoms with Crippen LogP contribution < -0.4 is 0 Å². The molecule has 0 spiro atoms. The summed E-state index contributed by atoms with van der Waals surface area (Å²) in [7, 11) is 0.